The average molecular weight is 470 g/mol. The van der Waals surface area contributed by atoms with E-state index in [1.54, 1.807) is 0 Å². The van der Waals surface area contributed by atoms with Gasteiger partial charge in [0.25, 0.3) is 0 Å². The molecule has 0 aromatic heterocycles. The zero-order valence-corrected chi connectivity index (χ0v) is 18.6. The highest BCUT2D eigenvalue weighted by Gasteiger charge is 2.15. The van der Waals surface area contributed by atoms with Gasteiger partial charge in [-0.2, -0.15) is 0 Å². The summed E-state index contributed by atoms with van der Waals surface area (Å²) < 4.78 is 23.7. The van der Waals surface area contributed by atoms with E-state index in [1.165, 1.54) is 5.56 Å². The lowest BCUT2D eigenvalue weighted by molar-refractivity contribution is 0.174. The first-order valence-electron chi connectivity index (χ1n) is 9.90. The molecule has 0 bridgehead atoms. The Labute approximate surface area is 185 Å². The van der Waals surface area contributed by atoms with Gasteiger partial charge < -0.3 is 24.3 Å². The Morgan fingerprint density at radius 1 is 1.00 bits per heavy atom. The summed E-state index contributed by atoms with van der Waals surface area (Å²) in [6.07, 6.45) is 0. The van der Waals surface area contributed by atoms with Crippen molar-refractivity contribution in [2.45, 2.75) is 27.0 Å². The van der Waals surface area contributed by atoms with Gasteiger partial charge in [-0.3, -0.25) is 0 Å². The van der Waals surface area contributed by atoms with Crippen LogP contribution in [0.5, 0.6) is 23.0 Å². The summed E-state index contributed by atoms with van der Waals surface area (Å²) in [4.78, 5) is 0. The van der Waals surface area contributed by atoms with Gasteiger partial charge in [-0.05, 0) is 70.7 Å². The number of hydrogen-bond donors (Lipinski definition) is 1. The van der Waals surface area contributed by atoms with E-state index in [4.69, 9.17) is 18.9 Å². The third-order valence-corrected chi connectivity index (χ3v) is 5.46. The number of rotatable bonds is 8. The second-order valence-corrected chi connectivity index (χ2v) is 7.83. The first-order chi connectivity index (χ1) is 14.6. The molecule has 0 fully saturated rings. The van der Waals surface area contributed by atoms with Gasteiger partial charge >= 0.3 is 0 Å². The molecule has 0 unspecified atom stereocenters. The van der Waals surface area contributed by atoms with Gasteiger partial charge in [0.05, 0.1) is 11.1 Å². The number of nitrogens with one attached hydrogen (secondary N) is 1. The molecule has 0 amide bonds. The summed E-state index contributed by atoms with van der Waals surface area (Å²) >= 11 is 3.66. The molecule has 156 valence electrons. The van der Waals surface area contributed by atoms with Gasteiger partial charge in [0.1, 0.15) is 6.61 Å². The maximum Gasteiger partial charge on any atom is 0.231 e. The first-order valence-corrected chi connectivity index (χ1v) is 10.7. The van der Waals surface area contributed by atoms with E-state index in [2.05, 4.69) is 46.4 Å². The van der Waals surface area contributed by atoms with E-state index in [9.17, 15) is 0 Å². The van der Waals surface area contributed by atoms with Crippen LogP contribution in [-0.4, -0.2) is 13.4 Å². The molecule has 0 aliphatic carbocycles. The smallest absolute Gasteiger partial charge is 0.231 e. The average Bonchev–Trinajstić information content (AvgIpc) is 3.21. The molecule has 30 heavy (non-hydrogen) atoms. The van der Waals surface area contributed by atoms with Crippen LogP contribution in [0.15, 0.2) is 59.1 Å². The van der Waals surface area contributed by atoms with E-state index in [0.29, 0.717) is 25.5 Å². The molecular weight excluding hydrogens is 446 g/mol. The Morgan fingerprint density at radius 3 is 2.67 bits per heavy atom. The minimum atomic E-state index is 0.271. The Morgan fingerprint density at radius 2 is 1.83 bits per heavy atom. The second kappa shape index (κ2) is 9.30. The fourth-order valence-corrected chi connectivity index (χ4v) is 3.86. The summed E-state index contributed by atoms with van der Waals surface area (Å²) in [5.41, 5.74) is 4.40. The van der Waals surface area contributed by atoms with E-state index < -0.39 is 0 Å². The monoisotopic (exact) mass is 469 g/mol. The maximum atomic E-state index is 6.13. The number of aryl methyl sites for hydroxylation is 1. The summed E-state index contributed by atoms with van der Waals surface area (Å²) in [6.45, 7) is 6.01. The zero-order chi connectivity index (χ0) is 20.9. The lowest BCUT2D eigenvalue weighted by Crippen LogP contribution is -2.04. The third-order valence-electron chi connectivity index (χ3n) is 4.87. The van der Waals surface area contributed by atoms with Crippen molar-refractivity contribution in [2.75, 3.05) is 18.7 Å². The van der Waals surface area contributed by atoms with Gasteiger partial charge in [0.15, 0.2) is 23.0 Å². The van der Waals surface area contributed by atoms with E-state index in [-0.39, 0.29) is 6.79 Å². The number of benzene rings is 3. The first kappa shape index (κ1) is 20.4. The predicted molar refractivity (Wildman–Crippen MR) is 121 cm³/mol. The highest BCUT2D eigenvalue weighted by molar-refractivity contribution is 9.10. The van der Waals surface area contributed by atoms with Crippen LogP contribution in [0, 0.1) is 6.92 Å². The Kier molecular flexibility index (Phi) is 6.33. The number of ether oxygens (including phenoxy) is 4. The summed E-state index contributed by atoms with van der Waals surface area (Å²) in [6, 6.07) is 18.1. The molecule has 0 saturated carbocycles. The highest BCUT2D eigenvalue weighted by Crippen LogP contribution is 2.38. The SMILES string of the molecule is CCOc1cc(CNc2ccc3c(c2)OCO3)cc(Br)c1OCc1ccccc1C. The lowest BCUT2D eigenvalue weighted by atomic mass is 10.1. The molecule has 1 aliphatic rings. The minimum Gasteiger partial charge on any atom is -0.490 e. The molecule has 3 aromatic carbocycles. The van der Waals surface area contributed by atoms with Crippen molar-refractivity contribution in [1.29, 1.82) is 0 Å². The number of anilines is 1. The third kappa shape index (κ3) is 4.65. The van der Waals surface area contributed by atoms with Crippen LogP contribution in [-0.2, 0) is 13.2 Å². The molecule has 6 heteroatoms. The van der Waals surface area contributed by atoms with Crippen molar-refractivity contribution >= 4 is 21.6 Å². The van der Waals surface area contributed by atoms with Gasteiger partial charge in [0, 0.05) is 18.3 Å². The standard InChI is InChI=1S/C24H24BrNO4/c1-3-27-23-11-17(13-26-19-8-9-21-22(12-19)30-15-29-21)10-20(25)24(23)28-14-18-7-5-4-6-16(18)2/h4-12,26H,3,13-15H2,1-2H3. The van der Waals surface area contributed by atoms with Crippen molar-refractivity contribution < 1.29 is 18.9 Å². The van der Waals surface area contributed by atoms with Gasteiger partial charge in [-0.25, -0.2) is 0 Å². The van der Waals surface area contributed by atoms with Crippen LogP contribution in [0.2, 0.25) is 0 Å². The second-order valence-electron chi connectivity index (χ2n) is 6.97. The molecule has 1 aliphatic heterocycles. The van der Waals surface area contributed by atoms with Crippen LogP contribution in [0.1, 0.15) is 23.6 Å². The normalized spacial score (nSPS) is 12.0. The lowest BCUT2D eigenvalue weighted by Gasteiger charge is -2.17. The van der Waals surface area contributed by atoms with Crippen molar-refractivity contribution in [1.82, 2.24) is 0 Å². The van der Waals surface area contributed by atoms with Crippen molar-refractivity contribution in [3.05, 3.63) is 75.8 Å². The van der Waals surface area contributed by atoms with Crippen molar-refractivity contribution in [3.8, 4) is 23.0 Å². The van der Waals surface area contributed by atoms with Gasteiger partial charge in [-0.15, -0.1) is 0 Å². The molecule has 0 saturated heterocycles. The molecule has 1 N–H and O–H groups in total. The van der Waals surface area contributed by atoms with Crippen LogP contribution >= 0.6 is 15.9 Å². The van der Waals surface area contributed by atoms with Crippen LogP contribution in [0.4, 0.5) is 5.69 Å². The molecule has 0 atom stereocenters. The Bertz CT molecular complexity index is 1040. The Hall–Kier alpha value is -2.86. The molecule has 0 radical (unpaired) electrons. The van der Waals surface area contributed by atoms with E-state index in [1.807, 2.05) is 43.3 Å². The fourth-order valence-electron chi connectivity index (χ4n) is 3.26. The van der Waals surface area contributed by atoms with E-state index >= 15 is 0 Å². The molecule has 3 aromatic rings. The fraction of sp³-hybridized carbons (Fsp3) is 0.250. The molecular formula is C24H24BrNO4. The van der Waals surface area contributed by atoms with Crippen LogP contribution in [0.25, 0.3) is 0 Å². The van der Waals surface area contributed by atoms with Crippen LogP contribution < -0.4 is 24.3 Å². The molecule has 4 rings (SSSR count). The van der Waals surface area contributed by atoms with Crippen molar-refractivity contribution in [2.24, 2.45) is 0 Å². The minimum absolute atomic E-state index is 0.271. The number of halogens is 1. The van der Waals surface area contributed by atoms with Crippen molar-refractivity contribution in [3.63, 3.8) is 0 Å². The summed E-state index contributed by atoms with van der Waals surface area (Å²) in [5.74, 6) is 2.98. The molecule has 1 heterocycles. The Balaban J connectivity index is 1.48. The van der Waals surface area contributed by atoms with E-state index in [0.717, 1.165) is 38.5 Å². The quantitative estimate of drug-likeness (QED) is 0.433. The maximum absolute atomic E-state index is 6.13. The molecule has 5 nitrogen and oxygen atoms in total. The number of hydrogen-bond acceptors (Lipinski definition) is 5. The van der Waals surface area contributed by atoms with Crippen LogP contribution in [0.3, 0.4) is 0 Å². The number of fused-ring (bicyclic) bond motifs is 1. The van der Waals surface area contributed by atoms with Gasteiger partial charge in [-0.1, -0.05) is 24.3 Å². The highest BCUT2D eigenvalue weighted by atomic mass is 79.9. The zero-order valence-electron chi connectivity index (χ0n) is 17.0. The summed E-state index contributed by atoms with van der Waals surface area (Å²) in [5, 5.41) is 3.42. The predicted octanol–water partition coefficient (Wildman–Crippen LogP) is 6.08. The largest absolute Gasteiger partial charge is 0.490 e. The topological polar surface area (TPSA) is 49.0 Å². The molecule has 0 spiro atoms. The van der Waals surface area contributed by atoms with Gasteiger partial charge in [0.2, 0.25) is 6.79 Å². The summed E-state index contributed by atoms with van der Waals surface area (Å²) in [7, 11) is 0.